The summed E-state index contributed by atoms with van der Waals surface area (Å²) in [5.41, 5.74) is -0.567. The van der Waals surface area contributed by atoms with Gasteiger partial charge >= 0.3 is 5.97 Å². The van der Waals surface area contributed by atoms with E-state index in [1.807, 2.05) is 4.31 Å². The Morgan fingerprint density at radius 1 is 1.33 bits per heavy atom. The molecule has 1 saturated heterocycles. The molecule has 0 saturated carbocycles. The molecule has 21 heavy (non-hydrogen) atoms. The van der Waals surface area contributed by atoms with E-state index < -0.39 is 17.7 Å². The number of aromatic carboxylic acids is 1. The number of nitrogens with zero attached hydrogens (tertiary/aromatic N) is 1. The molecule has 0 unspecified atom stereocenters. The Labute approximate surface area is 125 Å². The van der Waals surface area contributed by atoms with Gasteiger partial charge in [0, 0.05) is 25.2 Å². The first-order valence-electron chi connectivity index (χ1n) is 6.36. The lowest BCUT2D eigenvalue weighted by molar-refractivity contribution is 0.0692. The Morgan fingerprint density at radius 3 is 2.57 bits per heavy atom. The number of ether oxygens (including phenoxy) is 1. The number of carboxylic acids is 1. The lowest BCUT2D eigenvalue weighted by Crippen LogP contribution is -2.24. The minimum Gasteiger partial charge on any atom is -0.496 e. The maximum Gasteiger partial charge on any atom is 0.339 e. The lowest BCUT2D eigenvalue weighted by atomic mass is 10.1. The van der Waals surface area contributed by atoms with Gasteiger partial charge in [0.2, 0.25) is 0 Å². The molecule has 0 aliphatic carbocycles. The number of amides is 1. The van der Waals surface area contributed by atoms with Crippen LogP contribution in [0, 0.1) is 5.82 Å². The van der Waals surface area contributed by atoms with Crippen LogP contribution < -0.4 is 9.46 Å². The zero-order valence-corrected chi connectivity index (χ0v) is 12.2. The van der Waals surface area contributed by atoms with Crippen molar-refractivity contribution in [3.05, 3.63) is 29.1 Å². The molecule has 1 heterocycles. The zero-order chi connectivity index (χ0) is 15.4. The second kappa shape index (κ2) is 6.77. The molecular formula is C13H15FN2O4S. The van der Waals surface area contributed by atoms with Gasteiger partial charge in [-0.25, -0.2) is 13.5 Å². The van der Waals surface area contributed by atoms with E-state index >= 15 is 0 Å². The summed E-state index contributed by atoms with van der Waals surface area (Å²) in [5, 5.41) is 8.94. The Kier molecular flexibility index (Phi) is 5.03. The van der Waals surface area contributed by atoms with Gasteiger partial charge in [0.15, 0.2) is 0 Å². The van der Waals surface area contributed by atoms with Crippen LogP contribution in [0.5, 0.6) is 5.75 Å². The topological polar surface area (TPSA) is 78.9 Å². The Balaban J connectivity index is 2.14. The van der Waals surface area contributed by atoms with Crippen molar-refractivity contribution in [2.45, 2.75) is 12.8 Å². The average Bonchev–Trinajstić information content (AvgIpc) is 2.97. The number of rotatable bonds is 5. The Bertz CT molecular complexity index is 561. The standard InChI is InChI=1S/C13H15FN2O4S/c1-20-11-7-8(10(14)6-9(11)13(18)19)12(17)15-21-16-4-2-3-5-16/h6-7H,2-5H2,1H3,(H,15,17)(H,18,19). The number of benzene rings is 1. The Morgan fingerprint density at radius 2 is 2.00 bits per heavy atom. The van der Waals surface area contributed by atoms with Crippen molar-refractivity contribution in [1.82, 2.24) is 9.03 Å². The average molecular weight is 314 g/mol. The van der Waals surface area contributed by atoms with E-state index in [-0.39, 0.29) is 16.9 Å². The van der Waals surface area contributed by atoms with Crippen LogP contribution in [0.25, 0.3) is 0 Å². The maximum atomic E-state index is 13.9. The van der Waals surface area contributed by atoms with Crippen LogP contribution in [-0.4, -0.2) is 41.5 Å². The first-order chi connectivity index (χ1) is 10.0. The third-order valence-electron chi connectivity index (χ3n) is 3.10. The number of hydrogen-bond donors (Lipinski definition) is 2. The molecule has 2 rings (SSSR count). The minimum atomic E-state index is -1.32. The highest BCUT2D eigenvalue weighted by Crippen LogP contribution is 2.24. The highest BCUT2D eigenvalue weighted by Gasteiger charge is 2.21. The SMILES string of the molecule is COc1cc(C(=O)NSN2CCCC2)c(F)cc1C(=O)O. The molecule has 0 atom stereocenters. The molecule has 2 N–H and O–H groups in total. The fourth-order valence-electron chi connectivity index (χ4n) is 2.00. The van der Waals surface area contributed by atoms with Crippen molar-refractivity contribution in [2.24, 2.45) is 0 Å². The number of carbonyl (C=O) groups is 2. The number of halogens is 1. The van der Waals surface area contributed by atoms with Crippen LogP contribution in [0.2, 0.25) is 0 Å². The van der Waals surface area contributed by atoms with Gasteiger partial charge in [-0.1, -0.05) is 0 Å². The van der Waals surface area contributed by atoms with E-state index in [0.29, 0.717) is 0 Å². The second-order valence-corrected chi connectivity index (χ2v) is 5.40. The van der Waals surface area contributed by atoms with Crippen LogP contribution in [0.4, 0.5) is 4.39 Å². The predicted octanol–water partition coefficient (Wildman–Crippen LogP) is 1.92. The second-order valence-electron chi connectivity index (χ2n) is 4.50. The molecule has 1 aliphatic rings. The molecule has 1 aromatic rings. The van der Waals surface area contributed by atoms with Crippen molar-refractivity contribution in [1.29, 1.82) is 0 Å². The molecule has 6 nitrogen and oxygen atoms in total. The number of carboxylic acid groups (broad SMARTS) is 1. The highest BCUT2D eigenvalue weighted by molar-refractivity contribution is 7.95. The zero-order valence-electron chi connectivity index (χ0n) is 11.4. The largest absolute Gasteiger partial charge is 0.496 e. The first-order valence-corrected chi connectivity index (χ1v) is 7.13. The third-order valence-corrected chi connectivity index (χ3v) is 4.00. The number of nitrogens with one attached hydrogen (secondary N) is 1. The Hall–Kier alpha value is -1.80. The molecule has 0 aromatic heterocycles. The van der Waals surface area contributed by atoms with Crippen LogP contribution >= 0.6 is 12.1 Å². The van der Waals surface area contributed by atoms with E-state index in [9.17, 15) is 14.0 Å². The van der Waals surface area contributed by atoms with Crippen molar-refractivity contribution >= 4 is 24.0 Å². The van der Waals surface area contributed by atoms with E-state index in [4.69, 9.17) is 9.84 Å². The van der Waals surface area contributed by atoms with Gasteiger partial charge < -0.3 is 9.84 Å². The van der Waals surface area contributed by atoms with Gasteiger partial charge in [0.1, 0.15) is 17.1 Å². The van der Waals surface area contributed by atoms with Crippen molar-refractivity contribution < 1.29 is 23.8 Å². The van der Waals surface area contributed by atoms with Gasteiger partial charge in [-0.05, 0) is 25.0 Å². The number of hydrogen-bond acceptors (Lipinski definition) is 5. The first kappa shape index (κ1) is 15.6. The van der Waals surface area contributed by atoms with Gasteiger partial charge in [-0.2, -0.15) is 0 Å². The highest BCUT2D eigenvalue weighted by atomic mass is 32.2. The number of carbonyl (C=O) groups excluding carboxylic acids is 1. The molecule has 8 heteroatoms. The van der Waals surface area contributed by atoms with Crippen molar-refractivity contribution in [3.63, 3.8) is 0 Å². The van der Waals surface area contributed by atoms with Crippen molar-refractivity contribution in [2.75, 3.05) is 20.2 Å². The minimum absolute atomic E-state index is 0.0553. The predicted molar refractivity (Wildman–Crippen MR) is 75.8 cm³/mol. The quantitative estimate of drug-likeness (QED) is 0.809. The van der Waals surface area contributed by atoms with Crippen LogP contribution in [0.15, 0.2) is 12.1 Å². The summed E-state index contributed by atoms with van der Waals surface area (Å²) in [4.78, 5) is 22.9. The molecule has 114 valence electrons. The van der Waals surface area contributed by atoms with E-state index in [0.717, 1.165) is 50.2 Å². The van der Waals surface area contributed by atoms with Gasteiger partial charge in [0.25, 0.3) is 5.91 Å². The summed E-state index contributed by atoms with van der Waals surface area (Å²) < 4.78 is 23.3. The summed E-state index contributed by atoms with van der Waals surface area (Å²) in [6, 6.07) is 1.88. The third kappa shape index (κ3) is 3.64. The molecule has 0 spiro atoms. The summed E-state index contributed by atoms with van der Waals surface area (Å²) in [5.74, 6) is -2.89. The summed E-state index contributed by atoms with van der Waals surface area (Å²) in [6.45, 7) is 1.74. The molecular weight excluding hydrogens is 299 g/mol. The van der Waals surface area contributed by atoms with Gasteiger partial charge in [-0.3, -0.25) is 9.52 Å². The summed E-state index contributed by atoms with van der Waals surface area (Å²) in [6.07, 6.45) is 2.14. The summed E-state index contributed by atoms with van der Waals surface area (Å²) >= 11 is 1.13. The van der Waals surface area contributed by atoms with Gasteiger partial charge in [-0.15, -0.1) is 0 Å². The fourth-order valence-corrected chi connectivity index (χ4v) is 2.77. The normalized spacial score (nSPS) is 15.0. The van der Waals surface area contributed by atoms with Crippen LogP contribution in [-0.2, 0) is 0 Å². The van der Waals surface area contributed by atoms with Crippen molar-refractivity contribution in [3.8, 4) is 5.75 Å². The maximum absolute atomic E-state index is 13.9. The lowest BCUT2D eigenvalue weighted by Gasteiger charge is -2.14. The molecule has 0 bridgehead atoms. The molecule has 1 aliphatic heterocycles. The van der Waals surface area contributed by atoms with Crippen LogP contribution in [0.3, 0.4) is 0 Å². The van der Waals surface area contributed by atoms with E-state index in [1.54, 1.807) is 0 Å². The smallest absolute Gasteiger partial charge is 0.339 e. The molecule has 1 aromatic carbocycles. The van der Waals surface area contributed by atoms with E-state index in [2.05, 4.69) is 4.72 Å². The molecule has 1 amide bonds. The summed E-state index contributed by atoms with van der Waals surface area (Å²) in [7, 11) is 1.26. The van der Waals surface area contributed by atoms with Gasteiger partial charge in [0.05, 0.1) is 12.7 Å². The number of methoxy groups -OCH3 is 1. The molecule has 0 radical (unpaired) electrons. The van der Waals surface area contributed by atoms with E-state index in [1.165, 1.54) is 7.11 Å². The molecule has 1 fully saturated rings. The van der Waals surface area contributed by atoms with Crippen LogP contribution in [0.1, 0.15) is 33.6 Å². The monoisotopic (exact) mass is 314 g/mol. The fraction of sp³-hybridized carbons (Fsp3) is 0.385.